The van der Waals surface area contributed by atoms with E-state index in [0.29, 0.717) is 36.0 Å². The predicted molar refractivity (Wildman–Crippen MR) is 127 cm³/mol. The molecule has 5 heterocycles. The molecule has 3 aliphatic heterocycles. The minimum Gasteiger partial charge on any atom is -0.496 e. The van der Waals surface area contributed by atoms with Crippen LogP contribution in [-0.2, 0) is 16.1 Å². The molecule has 2 aromatic heterocycles. The monoisotopic (exact) mass is 463 g/mol. The molecule has 9 nitrogen and oxygen atoms in total. The van der Waals surface area contributed by atoms with E-state index < -0.39 is 0 Å². The molecule has 0 aliphatic carbocycles. The van der Waals surface area contributed by atoms with Crippen LogP contribution in [0.25, 0.3) is 22.3 Å². The van der Waals surface area contributed by atoms with E-state index in [0.717, 1.165) is 48.5 Å². The van der Waals surface area contributed by atoms with E-state index in [4.69, 9.17) is 24.2 Å². The van der Waals surface area contributed by atoms with E-state index in [9.17, 15) is 5.11 Å². The molecule has 0 amide bonds. The Morgan fingerprint density at radius 2 is 1.97 bits per heavy atom. The predicted octanol–water partition coefficient (Wildman–Crippen LogP) is 2.22. The first-order valence-corrected chi connectivity index (χ1v) is 11.9. The first-order chi connectivity index (χ1) is 16.7. The SMILES string of the molecule is COc1ccc(-c2ccc3cnc(N4CCOC(N5[C@@H]6CC[C@H]5COC6)C4)nc3n2)cc1CO. The lowest BCUT2D eigenvalue weighted by molar-refractivity contribution is -0.133. The van der Waals surface area contributed by atoms with Gasteiger partial charge in [0.1, 0.15) is 12.0 Å². The third-order valence-electron chi connectivity index (χ3n) is 7.14. The number of nitrogens with zero attached hydrogens (tertiary/aromatic N) is 5. The van der Waals surface area contributed by atoms with Crippen molar-refractivity contribution in [1.82, 2.24) is 19.9 Å². The van der Waals surface area contributed by atoms with Gasteiger partial charge in [0.05, 0.1) is 45.8 Å². The number of fused-ring (bicyclic) bond motifs is 3. The molecule has 3 aliphatic rings. The summed E-state index contributed by atoms with van der Waals surface area (Å²) in [5.74, 6) is 1.34. The van der Waals surface area contributed by atoms with Gasteiger partial charge >= 0.3 is 0 Å². The normalized spacial score (nSPS) is 25.1. The Bertz CT molecular complexity index is 1180. The quantitative estimate of drug-likeness (QED) is 0.611. The second-order valence-electron chi connectivity index (χ2n) is 9.11. The van der Waals surface area contributed by atoms with E-state index in [1.54, 1.807) is 7.11 Å². The molecule has 3 aromatic rings. The van der Waals surface area contributed by atoms with Gasteiger partial charge in [-0.15, -0.1) is 0 Å². The minimum atomic E-state index is -0.0973. The maximum absolute atomic E-state index is 9.68. The molecule has 34 heavy (non-hydrogen) atoms. The van der Waals surface area contributed by atoms with Crippen molar-refractivity contribution in [2.45, 2.75) is 37.8 Å². The van der Waals surface area contributed by atoms with Crippen molar-refractivity contribution in [3.8, 4) is 17.0 Å². The second-order valence-corrected chi connectivity index (χ2v) is 9.11. The number of rotatable bonds is 5. The van der Waals surface area contributed by atoms with Crippen LogP contribution in [0.3, 0.4) is 0 Å². The van der Waals surface area contributed by atoms with Crippen LogP contribution >= 0.6 is 0 Å². The van der Waals surface area contributed by atoms with Crippen molar-refractivity contribution in [2.75, 3.05) is 44.9 Å². The van der Waals surface area contributed by atoms with Crippen LogP contribution < -0.4 is 9.64 Å². The topological polar surface area (TPSA) is 93.1 Å². The van der Waals surface area contributed by atoms with Gasteiger partial charge in [0, 0.05) is 41.3 Å². The van der Waals surface area contributed by atoms with Gasteiger partial charge in [-0.3, -0.25) is 4.90 Å². The van der Waals surface area contributed by atoms with Crippen LogP contribution in [0.4, 0.5) is 5.95 Å². The third kappa shape index (κ3) is 3.88. The molecule has 3 saturated heterocycles. The number of methoxy groups -OCH3 is 1. The van der Waals surface area contributed by atoms with Crippen LogP contribution in [-0.4, -0.2) is 83.3 Å². The van der Waals surface area contributed by atoms with E-state index in [-0.39, 0.29) is 12.8 Å². The molecule has 0 spiro atoms. The molecular weight excluding hydrogens is 434 g/mol. The molecule has 0 saturated carbocycles. The Balaban J connectivity index is 1.27. The highest BCUT2D eigenvalue weighted by atomic mass is 16.5. The Morgan fingerprint density at radius 1 is 1.12 bits per heavy atom. The van der Waals surface area contributed by atoms with E-state index in [1.165, 1.54) is 12.8 Å². The van der Waals surface area contributed by atoms with Gasteiger partial charge in [0.15, 0.2) is 5.65 Å². The summed E-state index contributed by atoms with van der Waals surface area (Å²) in [4.78, 5) is 19.0. The summed E-state index contributed by atoms with van der Waals surface area (Å²) >= 11 is 0. The number of pyridine rings is 1. The Kier molecular flexibility index (Phi) is 5.78. The molecule has 1 N–H and O–H groups in total. The molecule has 2 bridgehead atoms. The van der Waals surface area contributed by atoms with Crippen LogP contribution in [0.15, 0.2) is 36.5 Å². The van der Waals surface area contributed by atoms with Crippen molar-refractivity contribution in [2.24, 2.45) is 0 Å². The average molecular weight is 464 g/mol. The number of aliphatic hydroxyl groups excluding tert-OH is 1. The van der Waals surface area contributed by atoms with Gasteiger partial charge in [-0.1, -0.05) is 0 Å². The summed E-state index contributed by atoms with van der Waals surface area (Å²) in [6.07, 6.45) is 4.22. The third-order valence-corrected chi connectivity index (χ3v) is 7.14. The van der Waals surface area contributed by atoms with Gasteiger partial charge in [0.25, 0.3) is 0 Å². The number of anilines is 1. The number of aromatic nitrogens is 3. The zero-order valence-electron chi connectivity index (χ0n) is 19.3. The summed E-state index contributed by atoms with van der Waals surface area (Å²) in [7, 11) is 1.60. The average Bonchev–Trinajstić information content (AvgIpc) is 3.15. The number of hydrogen-bond donors (Lipinski definition) is 1. The lowest BCUT2D eigenvalue weighted by atomic mass is 10.1. The van der Waals surface area contributed by atoms with E-state index in [1.807, 2.05) is 36.5 Å². The molecular formula is C25H29N5O4. The van der Waals surface area contributed by atoms with Crippen LogP contribution in [0.2, 0.25) is 0 Å². The maximum atomic E-state index is 9.68. The lowest BCUT2D eigenvalue weighted by Crippen LogP contribution is -2.58. The summed E-state index contributed by atoms with van der Waals surface area (Å²) in [5.41, 5.74) is 3.07. The second kappa shape index (κ2) is 9.07. The molecule has 3 atom stereocenters. The molecule has 9 heteroatoms. The largest absolute Gasteiger partial charge is 0.496 e. The van der Waals surface area contributed by atoms with Crippen LogP contribution in [0, 0.1) is 0 Å². The summed E-state index contributed by atoms with van der Waals surface area (Å²) < 4.78 is 17.3. The van der Waals surface area contributed by atoms with Crippen LogP contribution in [0.5, 0.6) is 5.75 Å². The highest BCUT2D eigenvalue weighted by Gasteiger charge is 2.43. The van der Waals surface area contributed by atoms with Gasteiger partial charge < -0.3 is 24.2 Å². The zero-order chi connectivity index (χ0) is 23.1. The minimum absolute atomic E-state index is 0.0324. The number of aliphatic hydroxyl groups is 1. The zero-order valence-corrected chi connectivity index (χ0v) is 19.3. The molecule has 0 radical (unpaired) electrons. The fraction of sp³-hybridized carbons (Fsp3) is 0.480. The summed E-state index contributed by atoms with van der Waals surface area (Å²) in [5, 5.41) is 10.6. The van der Waals surface area contributed by atoms with E-state index >= 15 is 0 Å². The number of benzene rings is 1. The van der Waals surface area contributed by atoms with Crippen LogP contribution in [0.1, 0.15) is 18.4 Å². The molecule has 178 valence electrons. The summed E-state index contributed by atoms with van der Waals surface area (Å²) in [6, 6.07) is 10.5. The standard InChI is InChI=1S/C25H29N5O4/c1-32-22-7-3-16(10-18(22)13-31)21-6-2-17-11-26-25(28-24(17)27-21)29-8-9-34-23(12-29)30-19-4-5-20(30)15-33-14-19/h2-3,6-7,10-11,19-20,23,31H,4-5,8-9,12-15H2,1H3/t19-,20+,23?. The number of hydrogen-bond acceptors (Lipinski definition) is 9. The van der Waals surface area contributed by atoms with Crippen molar-refractivity contribution in [1.29, 1.82) is 0 Å². The molecule has 3 fully saturated rings. The van der Waals surface area contributed by atoms with Crippen molar-refractivity contribution in [3.05, 3.63) is 42.1 Å². The van der Waals surface area contributed by atoms with Crippen molar-refractivity contribution in [3.63, 3.8) is 0 Å². The van der Waals surface area contributed by atoms with Gasteiger partial charge in [-0.25, -0.2) is 9.97 Å². The fourth-order valence-electron chi connectivity index (χ4n) is 5.40. The van der Waals surface area contributed by atoms with Gasteiger partial charge in [0.2, 0.25) is 5.95 Å². The first kappa shape index (κ1) is 21.7. The highest BCUT2D eigenvalue weighted by Crippen LogP contribution is 2.33. The number of morpholine rings is 2. The molecule has 1 aromatic carbocycles. The summed E-state index contributed by atoms with van der Waals surface area (Å²) in [6.45, 7) is 3.61. The Labute approximate surface area is 198 Å². The highest BCUT2D eigenvalue weighted by molar-refractivity contribution is 5.78. The lowest BCUT2D eigenvalue weighted by Gasteiger charge is -2.44. The van der Waals surface area contributed by atoms with Gasteiger partial charge in [-0.2, -0.15) is 4.98 Å². The fourth-order valence-corrected chi connectivity index (χ4v) is 5.40. The Hall–Kier alpha value is -2.85. The van der Waals surface area contributed by atoms with Gasteiger partial charge in [-0.05, 0) is 43.2 Å². The molecule has 1 unspecified atom stereocenters. The van der Waals surface area contributed by atoms with E-state index in [2.05, 4.69) is 14.8 Å². The molecule has 6 rings (SSSR count). The first-order valence-electron chi connectivity index (χ1n) is 11.9. The van der Waals surface area contributed by atoms with Crippen molar-refractivity contribution >= 4 is 17.0 Å². The Morgan fingerprint density at radius 3 is 2.76 bits per heavy atom. The maximum Gasteiger partial charge on any atom is 0.227 e. The smallest absolute Gasteiger partial charge is 0.227 e. The van der Waals surface area contributed by atoms with Crippen molar-refractivity contribution < 1.29 is 19.3 Å². The number of ether oxygens (including phenoxy) is 3.